The standard InChI is InChI=1S/C8H12N2O6/c1-2-9-10-7(15-2)6-4(12)3(11)5(13)8(14)16-6/h3-6,8,11-14H,1H3/t3-,4-,5+,6?,8-/m0/s1. The first-order valence-corrected chi connectivity index (χ1v) is 4.68. The summed E-state index contributed by atoms with van der Waals surface area (Å²) in [7, 11) is 0. The second-order valence-corrected chi connectivity index (χ2v) is 3.58. The van der Waals surface area contributed by atoms with E-state index < -0.39 is 30.7 Å². The van der Waals surface area contributed by atoms with E-state index in [4.69, 9.17) is 9.15 Å². The highest BCUT2D eigenvalue weighted by Crippen LogP contribution is 2.30. The van der Waals surface area contributed by atoms with Crippen LogP contribution in [0.1, 0.15) is 17.9 Å². The Morgan fingerprint density at radius 1 is 1.00 bits per heavy atom. The lowest BCUT2D eigenvalue weighted by Gasteiger charge is -2.36. The predicted molar refractivity (Wildman–Crippen MR) is 46.9 cm³/mol. The van der Waals surface area contributed by atoms with Crippen LogP contribution in [0.3, 0.4) is 0 Å². The number of nitrogens with zero attached hydrogens (tertiary/aromatic N) is 2. The lowest BCUT2D eigenvalue weighted by molar-refractivity contribution is -0.288. The van der Waals surface area contributed by atoms with Crippen molar-refractivity contribution < 1.29 is 29.6 Å². The zero-order valence-corrected chi connectivity index (χ0v) is 8.39. The molecular weight excluding hydrogens is 220 g/mol. The lowest BCUT2D eigenvalue weighted by Crippen LogP contribution is -2.54. The molecule has 1 aromatic rings. The van der Waals surface area contributed by atoms with Crippen LogP contribution in [0.25, 0.3) is 0 Å². The minimum atomic E-state index is -1.62. The van der Waals surface area contributed by atoms with Gasteiger partial charge in [0.05, 0.1) is 0 Å². The van der Waals surface area contributed by atoms with Crippen molar-refractivity contribution in [2.24, 2.45) is 0 Å². The van der Waals surface area contributed by atoms with Crippen molar-refractivity contribution in [3.05, 3.63) is 11.8 Å². The van der Waals surface area contributed by atoms with Crippen LogP contribution in [0.15, 0.2) is 4.42 Å². The summed E-state index contributed by atoms with van der Waals surface area (Å²) >= 11 is 0. The van der Waals surface area contributed by atoms with Crippen LogP contribution < -0.4 is 0 Å². The molecule has 1 aromatic heterocycles. The number of hydrogen-bond donors (Lipinski definition) is 4. The fourth-order valence-electron chi connectivity index (χ4n) is 1.49. The maximum Gasteiger partial charge on any atom is 0.248 e. The third kappa shape index (κ3) is 1.81. The normalized spacial score (nSPS) is 39.9. The topological polar surface area (TPSA) is 129 Å². The van der Waals surface area contributed by atoms with Gasteiger partial charge >= 0.3 is 0 Å². The molecule has 0 bridgehead atoms. The minimum absolute atomic E-state index is 0.0602. The van der Waals surface area contributed by atoms with E-state index in [0.717, 1.165) is 0 Å². The van der Waals surface area contributed by atoms with E-state index in [0.29, 0.717) is 0 Å². The average Bonchev–Trinajstić information content (AvgIpc) is 2.67. The fourth-order valence-corrected chi connectivity index (χ4v) is 1.49. The lowest BCUT2D eigenvalue weighted by atomic mass is 9.99. The van der Waals surface area contributed by atoms with Crippen molar-refractivity contribution >= 4 is 0 Å². The third-order valence-corrected chi connectivity index (χ3v) is 2.37. The van der Waals surface area contributed by atoms with Crippen molar-refractivity contribution in [1.82, 2.24) is 10.2 Å². The van der Waals surface area contributed by atoms with E-state index in [1.54, 1.807) is 6.92 Å². The summed E-state index contributed by atoms with van der Waals surface area (Å²) in [6.07, 6.45) is -7.33. The molecule has 4 N–H and O–H groups in total. The first-order valence-electron chi connectivity index (χ1n) is 4.68. The zero-order chi connectivity index (χ0) is 11.9. The molecule has 1 aliphatic rings. The summed E-state index contributed by atoms with van der Waals surface area (Å²) in [6, 6.07) is 0. The number of ether oxygens (including phenoxy) is 1. The highest BCUT2D eigenvalue weighted by atomic mass is 16.6. The molecule has 16 heavy (non-hydrogen) atoms. The van der Waals surface area contributed by atoms with Gasteiger partial charge in [0.15, 0.2) is 12.4 Å². The van der Waals surface area contributed by atoms with E-state index in [9.17, 15) is 20.4 Å². The van der Waals surface area contributed by atoms with Gasteiger partial charge in [0, 0.05) is 6.92 Å². The maximum atomic E-state index is 9.61. The molecule has 0 amide bonds. The molecule has 1 aliphatic heterocycles. The molecule has 0 spiro atoms. The van der Waals surface area contributed by atoms with Gasteiger partial charge in [-0.1, -0.05) is 0 Å². The fraction of sp³-hybridized carbons (Fsp3) is 0.750. The number of rotatable bonds is 1. The molecule has 1 saturated heterocycles. The molecular formula is C8H12N2O6. The highest BCUT2D eigenvalue weighted by molar-refractivity contribution is 4.97. The van der Waals surface area contributed by atoms with Crippen molar-refractivity contribution in [3.63, 3.8) is 0 Å². The smallest absolute Gasteiger partial charge is 0.248 e. The van der Waals surface area contributed by atoms with Gasteiger partial charge in [-0.3, -0.25) is 0 Å². The molecule has 0 aliphatic carbocycles. The number of hydrogen-bond acceptors (Lipinski definition) is 8. The summed E-state index contributed by atoms with van der Waals surface area (Å²) < 4.78 is 9.89. The third-order valence-electron chi connectivity index (χ3n) is 2.37. The Labute approximate surface area is 90.1 Å². The SMILES string of the molecule is Cc1nnc(C2O[C@H](O)[C@H](O)[C@@H](O)[C@@H]2O)o1. The molecule has 0 saturated carbocycles. The van der Waals surface area contributed by atoms with Crippen LogP contribution in [-0.4, -0.2) is 55.2 Å². The van der Waals surface area contributed by atoms with Crippen molar-refractivity contribution in [2.45, 2.75) is 37.6 Å². The van der Waals surface area contributed by atoms with E-state index in [2.05, 4.69) is 10.2 Å². The van der Waals surface area contributed by atoms with Crippen LogP contribution >= 0.6 is 0 Å². The van der Waals surface area contributed by atoms with E-state index in [1.807, 2.05) is 0 Å². The minimum Gasteiger partial charge on any atom is -0.423 e. The predicted octanol–water partition coefficient (Wildman–Crippen LogP) is -2.15. The van der Waals surface area contributed by atoms with Crippen LogP contribution in [0.5, 0.6) is 0 Å². The van der Waals surface area contributed by atoms with Crippen LogP contribution in [0.4, 0.5) is 0 Å². The van der Waals surface area contributed by atoms with Gasteiger partial charge in [0.25, 0.3) is 0 Å². The molecule has 0 aromatic carbocycles. The second kappa shape index (κ2) is 4.07. The van der Waals surface area contributed by atoms with Crippen molar-refractivity contribution in [3.8, 4) is 0 Å². The van der Waals surface area contributed by atoms with Crippen LogP contribution in [0.2, 0.25) is 0 Å². The molecule has 1 unspecified atom stereocenters. The molecule has 8 nitrogen and oxygen atoms in total. The highest BCUT2D eigenvalue weighted by Gasteiger charge is 2.45. The van der Waals surface area contributed by atoms with Crippen molar-refractivity contribution in [1.29, 1.82) is 0 Å². The summed E-state index contributed by atoms with van der Waals surface area (Å²) in [5.41, 5.74) is 0. The monoisotopic (exact) mass is 232 g/mol. The summed E-state index contributed by atoms with van der Waals surface area (Å²) in [6.45, 7) is 1.55. The Morgan fingerprint density at radius 3 is 2.25 bits per heavy atom. The number of aromatic nitrogens is 2. The number of aliphatic hydroxyl groups is 4. The van der Waals surface area contributed by atoms with Crippen LogP contribution in [-0.2, 0) is 4.74 Å². The largest absolute Gasteiger partial charge is 0.423 e. The second-order valence-electron chi connectivity index (χ2n) is 3.58. The molecule has 8 heteroatoms. The molecule has 90 valence electrons. The first-order chi connectivity index (χ1) is 7.50. The summed E-state index contributed by atoms with van der Waals surface area (Å²) in [5, 5.41) is 44.7. The van der Waals surface area contributed by atoms with Gasteiger partial charge in [-0.2, -0.15) is 0 Å². The van der Waals surface area contributed by atoms with Gasteiger partial charge < -0.3 is 29.6 Å². The summed E-state index contributed by atoms with van der Waals surface area (Å²) in [4.78, 5) is 0. The number of aliphatic hydroxyl groups excluding tert-OH is 4. The van der Waals surface area contributed by atoms with Gasteiger partial charge in [-0.25, -0.2) is 0 Å². The molecule has 2 heterocycles. The Kier molecular flexibility index (Phi) is 2.91. The van der Waals surface area contributed by atoms with E-state index in [1.165, 1.54) is 0 Å². The Balaban J connectivity index is 2.22. The Morgan fingerprint density at radius 2 is 1.69 bits per heavy atom. The first kappa shape index (κ1) is 11.4. The molecule has 0 radical (unpaired) electrons. The van der Waals surface area contributed by atoms with Gasteiger partial charge in [-0.05, 0) is 0 Å². The van der Waals surface area contributed by atoms with Gasteiger partial charge in [0.1, 0.15) is 18.3 Å². The van der Waals surface area contributed by atoms with Gasteiger partial charge in [-0.15, -0.1) is 10.2 Å². The molecule has 1 fully saturated rings. The van der Waals surface area contributed by atoms with Gasteiger partial charge in [0.2, 0.25) is 11.8 Å². The number of aryl methyl sites for hydroxylation is 1. The van der Waals surface area contributed by atoms with E-state index in [-0.39, 0.29) is 11.8 Å². The molecule has 2 rings (SSSR count). The zero-order valence-electron chi connectivity index (χ0n) is 8.39. The quantitative estimate of drug-likeness (QED) is 0.431. The van der Waals surface area contributed by atoms with E-state index >= 15 is 0 Å². The average molecular weight is 232 g/mol. The van der Waals surface area contributed by atoms with Crippen molar-refractivity contribution in [2.75, 3.05) is 0 Å². The maximum absolute atomic E-state index is 9.61. The summed E-state index contributed by atoms with van der Waals surface area (Å²) in [5.74, 6) is 0.205. The Bertz CT molecular complexity index is 369. The Hall–Kier alpha value is -1.06. The molecule has 5 atom stereocenters. The van der Waals surface area contributed by atoms with Crippen LogP contribution in [0, 0.1) is 6.92 Å².